The van der Waals surface area contributed by atoms with Crippen LogP contribution in [0.2, 0.25) is 0 Å². The molecule has 0 radical (unpaired) electrons. The van der Waals surface area contributed by atoms with Gasteiger partial charge in [-0.2, -0.15) is 0 Å². The minimum Gasteiger partial charge on any atom is -0.388 e. The second-order valence-corrected chi connectivity index (χ2v) is 10.9. The Labute approximate surface area is 207 Å². The molecular weight excluding hydrogens is 442 g/mol. The molecule has 0 saturated carbocycles. The maximum absolute atomic E-state index is 12.8. The van der Waals surface area contributed by atoms with Crippen molar-refractivity contribution >= 4 is 11.7 Å². The van der Waals surface area contributed by atoms with Crippen molar-refractivity contribution < 1.29 is 9.90 Å². The van der Waals surface area contributed by atoms with Crippen LogP contribution in [0.3, 0.4) is 0 Å². The Bertz CT molecular complexity index is 1100. The molecule has 4 heterocycles. The number of amides is 1. The highest BCUT2D eigenvalue weighted by atomic mass is 16.3. The van der Waals surface area contributed by atoms with E-state index in [9.17, 15) is 14.7 Å². The number of nitrogens with zero attached hydrogens (tertiary/aromatic N) is 5. The van der Waals surface area contributed by atoms with Crippen LogP contribution in [0, 0.1) is 0 Å². The topological polar surface area (TPSA) is 81.9 Å². The summed E-state index contributed by atoms with van der Waals surface area (Å²) in [6.45, 7) is 6.24. The maximum Gasteiger partial charge on any atom is 0.255 e. The van der Waals surface area contributed by atoms with Crippen LogP contribution in [0.4, 0.5) is 5.82 Å². The quantitative estimate of drug-likeness (QED) is 0.683. The highest BCUT2D eigenvalue weighted by Crippen LogP contribution is 2.38. The van der Waals surface area contributed by atoms with Crippen molar-refractivity contribution in [1.82, 2.24) is 19.4 Å². The lowest BCUT2D eigenvalue weighted by atomic mass is 9.87. The molecule has 1 spiro atoms. The van der Waals surface area contributed by atoms with Crippen molar-refractivity contribution in [2.24, 2.45) is 0 Å². The van der Waals surface area contributed by atoms with Crippen molar-refractivity contribution in [2.45, 2.75) is 62.6 Å². The summed E-state index contributed by atoms with van der Waals surface area (Å²) >= 11 is 0. The van der Waals surface area contributed by atoms with Gasteiger partial charge in [0.15, 0.2) is 0 Å². The Kier molecular flexibility index (Phi) is 6.44. The molecule has 1 aromatic heterocycles. The van der Waals surface area contributed by atoms with Crippen LogP contribution in [-0.2, 0) is 11.3 Å². The molecule has 1 unspecified atom stereocenters. The predicted octanol–water partition coefficient (Wildman–Crippen LogP) is 2.07. The number of piperidine rings is 1. The third kappa shape index (κ3) is 4.86. The van der Waals surface area contributed by atoms with E-state index in [-0.39, 0.29) is 29.5 Å². The second kappa shape index (κ2) is 9.39. The van der Waals surface area contributed by atoms with Crippen LogP contribution in [0.1, 0.15) is 50.5 Å². The zero-order valence-electron chi connectivity index (χ0n) is 20.9. The van der Waals surface area contributed by atoms with Gasteiger partial charge in [-0.05, 0) is 50.8 Å². The summed E-state index contributed by atoms with van der Waals surface area (Å²) in [7, 11) is 2.18. The van der Waals surface area contributed by atoms with Crippen molar-refractivity contribution in [3.8, 4) is 0 Å². The van der Waals surface area contributed by atoms with Gasteiger partial charge in [-0.3, -0.25) is 19.1 Å². The molecule has 1 amide bonds. The fourth-order valence-electron chi connectivity index (χ4n) is 5.95. The van der Waals surface area contributed by atoms with Crippen LogP contribution in [0.15, 0.2) is 47.5 Å². The van der Waals surface area contributed by atoms with E-state index in [4.69, 9.17) is 0 Å². The first-order chi connectivity index (χ1) is 16.8. The van der Waals surface area contributed by atoms with E-state index in [1.807, 2.05) is 23.1 Å². The molecule has 8 heteroatoms. The second-order valence-electron chi connectivity index (χ2n) is 10.9. The number of anilines is 1. The molecule has 0 bridgehead atoms. The van der Waals surface area contributed by atoms with Crippen LogP contribution in [0.25, 0.3) is 0 Å². The van der Waals surface area contributed by atoms with Crippen LogP contribution < -0.4 is 10.5 Å². The molecule has 1 N–H and O–H groups in total. The minimum atomic E-state index is -1.01. The number of aromatic nitrogens is 2. The molecule has 0 aliphatic carbocycles. The third-order valence-corrected chi connectivity index (χ3v) is 8.47. The number of hydrogen-bond acceptors (Lipinski definition) is 6. The van der Waals surface area contributed by atoms with Crippen molar-refractivity contribution in [3.63, 3.8) is 0 Å². The van der Waals surface area contributed by atoms with Gasteiger partial charge in [0.05, 0.1) is 24.0 Å². The zero-order valence-corrected chi connectivity index (χ0v) is 20.9. The number of carbonyl (C=O) groups is 1. The first kappa shape index (κ1) is 24.0. The molecule has 1 aromatic carbocycles. The Morgan fingerprint density at radius 3 is 2.46 bits per heavy atom. The monoisotopic (exact) mass is 479 g/mol. The number of likely N-dealkylation sites (tertiary alicyclic amines) is 2. The summed E-state index contributed by atoms with van der Waals surface area (Å²) in [5.74, 6) is 0.993. The molecule has 5 rings (SSSR count). The molecule has 188 valence electrons. The predicted molar refractivity (Wildman–Crippen MR) is 136 cm³/mol. The SMILES string of the molecule is CC(CC(=O)N1CCC(O)(Cn2cnc(N3CC4(CCCN4C)C3)cc2=O)CC1)c1ccccc1. The van der Waals surface area contributed by atoms with E-state index in [0.29, 0.717) is 32.4 Å². The fraction of sp³-hybridized carbons (Fsp3) is 0.593. The minimum absolute atomic E-state index is 0.117. The number of hydrogen-bond donors (Lipinski definition) is 1. The molecule has 3 aliphatic rings. The number of rotatable bonds is 6. The number of aliphatic hydroxyl groups is 1. The Morgan fingerprint density at radius 1 is 1.11 bits per heavy atom. The Balaban J connectivity index is 1.14. The van der Waals surface area contributed by atoms with Gasteiger partial charge in [-0.15, -0.1) is 0 Å². The molecule has 35 heavy (non-hydrogen) atoms. The lowest BCUT2D eigenvalue weighted by Crippen LogP contribution is -2.67. The maximum atomic E-state index is 12.8. The largest absolute Gasteiger partial charge is 0.388 e. The number of carbonyl (C=O) groups excluding carboxylic acids is 1. The number of benzene rings is 1. The van der Waals surface area contributed by atoms with Gasteiger partial charge in [0, 0.05) is 38.7 Å². The number of likely N-dealkylation sites (N-methyl/N-ethyl adjacent to an activating group) is 1. The van der Waals surface area contributed by atoms with Gasteiger partial charge in [-0.25, -0.2) is 4.98 Å². The summed E-state index contributed by atoms with van der Waals surface area (Å²) in [5, 5.41) is 11.2. The smallest absolute Gasteiger partial charge is 0.255 e. The lowest BCUT2D eigenvalue weighted by molar-refractivity contribution is -0.136. The third-order valence-electron chi connectivity index (χ3n) is 8.47. The van der Waals surface area contributed by atoms with Crippen LogP contribution in [0.5, 0.6) is 0 Å². The highest BCUT2D eigenvalue weighted by Gasteiger charge is 2.49. The fourth-order valence-corrected chi connectivity index (χ4v) is 5.95. The van der Waals surface area contributed by atoms with Crippen molar-refractivity contribution in [3.05, 3.63) is 58.6 Å². The van der Waals surface area contributed by atoms with E-state index < -0.39 is 5.60 Å². The molecule has 2 aromatic rings. The summed E-state index contributed by atoms with van der Waals surface area (Å²) < 4.78 is 1.51. The first-order valence-electron chi connectivity index (χ1n) is 12.8. The Morgan fingerprint density at radius 2 is 1.83 bits per heavy atom. The van der Waals surface area contributed by atoms with E-state index in [1.54, 1.807) is 12.4 Å². The summed E-state index contributed by atoms with van der Waals surface area (Å²) in [6, 6.07) is 11.7. The standard InChI is InChI=1S/C27H37N5O3/c1-21(22-7-4-3-5-8-22)15-24(33)30-13-10-27(35,11-14-30)19-32-20-28-23(16-25(32)34)31-17-26(18-31)9-6-12-29(26)2/h3-5,7-8,16,20-21,35H,6,9-15,17-19H2,1-2H3. The molecule has 3 fully saturated rings. The van der Waals surface area contributed by atoms with Crippen LogP contribution >= 0.6 is 0 Å². The van der Waals surface area contributed by atoms with Gasteiger partial charge in [0.2, 0.25) is 5.91 Å². The van der Waals surface area contributed by atoms with Gasteiger partial charge >= 0.3 is 0 Å². The van der Waals surface area contributed by atoms with Crippen molar-refractivity contribution in [1.29, 1.82) is 0 Å². The van der Waals surface area contributed by atoms with E-state index in [2.05, 4.69) is 40.9 Å². The average Bonchev–Trinajstić information content (AvgIpc) is 3.22. The van der Waals surface area contributed by atoms with Crippen molar-refractivity contribution in [2.75, 3.05) is 44.7 Å². The molecule has 8 nitrogen and oxygen atoms in total. The first-order valence-corrected chi connectivity index (χ1v) is 12.8. The van der Waals surface area contributed by atoms with Gasteiger partial charge in [-0.1, -0.05) is 37.3 Å². The molecule has 3 saturated heterocycles. The zero-order chi connectivity index (χ0) is 24.6. The van der Waals surface area contributed by atoms with E-state index >= 15 is 0 Å². The highest BCUT2D eigenvalue weighted by molar-refractivity contribution is 5.77. The summed E-state index contributed by atoms with van der Waals surface area (Å²) in [5.41, 5.74) is 0.255. The normalized spacial score (nSPS) is 22.3. The molecule has 1 atom stereocenters. The van der Waals surface area contributed by atoms with E-state index in [1.165, 1.54) is 17.4 Å². The summed E-state index contributed by atoms with van der Waals surface area (Å²) in [4.78, 5) is 36.6. The van der Waals surface area contributed by atoms with Gasteiger partial charge < -0.3 is 14.9 Å². The average molecular weight is 480 g/mol. The summed E-state index contributed by atoms with van der Waals surface area (Å²) in [6.07, 6.45) is 5.36. The Hall–Kier alpha value is -2.71. The molecule has 3 aliphatic heterocycles. The van der Waals surface area contributed by atoms with Crippen LogP contribution in [-0.4, -0.2) is 81.3 Å². The van der Waals surface area contributed by atoms with E-state index in [0.717, 1.165) is 31.0 Å². The van der Waals surface area contributed by atoms with Gasteiger partial charge in [0.25, 0.3) is 5.56 Å². The molecular formula is C27H37N5O3. The van der Waals surface area contributed by atoms with Gasteiger partial charge in [0.1, 0.15) is 5.82 Å². The lowest BCUT2D eigenvalue weighted by Gasteiger charge is -2.52.